The summed E-state index contributed by atoms with van der Waals surface area (Å²) in [5.74, 6) is -0.0527. The molecule has 0 spiro atoms. The summed E-state index contributed by atoms with van der Waals surface area (Å²) in [6, 6.07) is 10.2. The Morgan fingerprint density at radius 1 is 1.24 bits per heavy atom. The second-order valence-electron chi connectivity index (χ2n) is 9.48. The van der Waals surface area contributed by atoms with Gasteiger partial charge in [0.2, 0.25) is 0 Å². The summed E-state index contributed by atoms with van der Waals surface area (Å²) in [5.41, 5.74) is 4.79. The molecule has 0 saturated carbocycles. The van der Waals surface area contributed by atoms with E-state index in [4.69, 9.17) is 4.74 Å². The van der Waals surface area contributed by atoms with Gasteiger partial charge in [-0.05, 0) is 68.2 Å². The van der Waals surface area contributed by atoms with Gasteiger partial charge < -0.3 is 15.0 Å². The summed E-state index contributed by atoms with van der Waals surface area (Å²) in [5, 5.41) is 3.11. The first-order valence-corrected chi connectivity index (χ1v) is 13.6. The molecule has 2 heterocycles. The lowest BCUT2D eigenvalue weighted by molar-refractivity contribution is -0.117. The number of ether oxygens (including phenoxy) is 1. The standard InChI is InChI=1S/C28H38N2O2.C5H8/c1-6-24(7-2)21(4)28(8-3)22(5)26(20-30(28)19-25-15-12-18-32-25)27(31)29-17-16-23-13-10-9-11-14-23;1-3-5-4-2/h6,9-11,13-14,20,25H,1,5,7-8,12,15-19H2,2-4H3,(H,29,31);3-5H,1H2,2H3/b24-21-;5-4-. The van der Waals surface area contributed by atoms with Crippen molar-refractivity contribution < 1.29 is 9.53 Å². The first kappa shape index (κ1) is 30.1. The SMILES string of the molecule is C=C/C(CC)=C(\C)C1(CC)C(=C)C(C(=O)NCCc2ccccc2)=CN1CC1CCCO1.C=C/C=C\C. The van der Waals surface area contributed by atoms with Crippen molar-refractivity contribution in [2.75, 3.05) is 19.7 Å². The zero-order valence-corrected chi connectivity index (χ0v) is 23.4. The molecule has 2 atom stereocenters. The highest BCUT2D eigenvalue weighted by molar-refractivity contribution is 5.99. The van der Waals surface area contributed by atoms with Gasteiger partial charge in [-0.3, -0.25) is 4.79 Å². The van der Waals surface area contributed by atoms with Crippen LogP contribution in [0.2, 0.25) is 0 Å². The van der Waals surface area contributed by atoms with Gasteiger partial charge in [0.1, 0.15) is 0 Å². The van der Waals surface area contributed by atoms with Gasteiger partial charge in [0.15, 0.2) is 0 Å². The number of nitrogens with one attached hydrogen (secondary N) is 1. The van der Waals surface area contributed by atoms with Crippen molar-refractivity contribution >= 4 is 5.91 Å². The molecule has 1 aromatic carbocycles. The van der Waals surface area contributed by atoms with E-state index in [0.717, 1.165) is 50.8 Å². The van der Waals surface area contributed by atoms with E-state index in [-0.39, 0.29) is 12.0 Å². The molecule has 4 heteroatoms. The Hall–Kier alpha value is -3.11. The highest BCUT2D eigenvalue weighted by Crippen LogP contribution is 2.46. The van der Waals surface area contributed by atoms with Crippen molar-refractivity contribution in [1.29, 1.82) is 0 Å². The lowest BCUT2D eigenvalue weighted by Crippen LogP contribution is -2.48. The van der Waals surface area contributed by atoms with E-state index in [1.165, 1.54) is 16.7 Å². The minimum atomic E-state index is -0.419. The van der Waals surface area contributed by atoms with E-state index in [1.54, 1.807) is 6.08 Å². The van der Waals surface area contributed by atoms with Gasteiger partial charge in [0, 0.05) is 25.9 Å². The van der Waals surface area contributed by atoms with E-state index in [2.05, 4.69) is 62.9 Å². The highest BCUT2D eigenvalue weighted by atomic mass is 16.5. The molecule has 0 aromatic heterocycles. The number of carbonyl (C=O) groups is 1. The number of hydrogen-bond donors (Lipinski definition) is 1. The summed E-state index contributed by atoms with van der Waals surface area (Å²) in [6.07, 6.45) is 14.4. The molecule has 37 heavy (non-hydrogen) atoms. The molecular formula is C33H46N2O2. The number of rotatable bonds is 11. The predicted molar refractivity (Wildman–Crippen MR) is 157 cm³/mol. The van der Waals surface area contributed by atoms with Crippen molar-refractivity contribution in [1.82, 2.24) is 10.2 Å². The quantitative estimate of drug-likeness (QED) is 0.328. The number of allylic oxidation sites excluding steroid dienone is 5. The van der Waals surface area contributed by atoms with Gasteiger partial charge >= 0.3 is 0 Å². The molecule has 2 aliphatic heterocycles. The Kier molecular flexibility index (Phi) is 12.4. The molecule has 1 fully saturated rings. The summed E-state index contributed by atoms with van der Waals surface area (Å²) in [7, 11) is 0. The fourth-order valence-corrected chi connectivity index (χ4v) is 5.30. The second-order valence-corrected chi connectivity index (χ2v) is 9.48. The first-order chi connectivity index (χ1) is 17.9. The molecule has 1 amide bonds. The molecule has 0 aliphatic carbocycles. The fourth-order valence-electron chi connectivity index (χ4n) is 5.30. The van der Waals surface area contributed by atoms with E-state index in [9.17, 15) is 4.79 Å². The van der Waals surface area contributed by atoms with Crippen molar-refractivity contribution in [2.24, 2.45) is 0 Å². The smallest absolute Gasteiger partial charge is 0.253 e. The Bertz CT molecular complexity index is 1010. The molecule has 4 nitrogen and oxygen atoms in total. The molecule has 1 aromatic rings. The minimum absolute atomic E-state index is 0.0527. The molecule has 0 radical (unpaired) electrons. The lowest BCUT2D eigenvalue weighted by atomic mass is 9.77. The zero-order valence-electron chi connectivity index (χ0n) is 23.4. The van der Waals surface area contributed by atoms with Crippen molar-refractivity contribution in [2.45, 2.75) is 71.4 Å². The third-order valence-electron chi connectivity index (χ3n) is 7.38. The van der Waals surface area contributed by atoms with Gasteiger partial charge in [-0.25, -0.2) is 0 Å². The van der Waals surface area contributed by atoms with Crippen LogP contribution in [0.3, 0.4) is 0 Å². The topological polar surface area (TPSA) is 41.6 Å². The second kappa shape index (κ2) is 15.2. The molecule has 0 bridgehead atoms. The van der Waals surface area contributed by atoms with Crippen LogP contribution in [0.25, 0.3) is 0 Å². The number of carbonyl (C=O) groups excluding carboxylic acids is 1. The maximum Gasteiger partial charge on any atom is 0.253 e. The summed E-state index contributed by atoms with van der Waals surface area (Å²) in [4.78, 5) is 15.5. The molecule has 1 N–H and O–H groups in total. The normalized spacial score (nSPS) is 21.7. The minimum Gasteiger partial charge on any atom is -0.376 e. The monoisotopic (exact) mass is 502 g/mol. The van der Waals surface area contributed by atoms with Crippen molar-refractivity contribution in [3.05, 3.63) is 108 Å². The largest absolute Gasteiger partial charge is 0.376 e. The number of hydrogen-bond acceptors (Lipinski definition) is 3. The van der Waals surface area contributed by atoms with Crippen LogP contribution in [-0.4, -0.2) is 42.1 Å². The molecular weight excluding hydrogens is 456 g/mol. The van der Waals surface area contributed by atoms with E-state index in [1.807, 2.05) is 49.6 Å². The Morgan fingerprint density at radius 2 is 1.97 bits per heavy atom. The molecule has 3 rings (SSSR count). The fraction of sp³-hybridized carbons (Fsp3) is 0.424. The van der Waals surface area contributed by atoms with E-state index >= 15 is 0 Å². The first-order valence-electron chi connectivity index (χ1n) is 13.6. The van der Waals surface area contributed by atoms with E-state index < -0.39 is 5.54 Å². The average Bonchev–Trinajstić information content (AvgIpc) is 3.52. The summed E-state index contributed by atoms with van der Waals surface area (Å²) >= 11 is 0. The molecule has 2 unspecified atom stereocenters. The van der Waals surface area contributed by atoms with Crippen molar-refractivity contribution in [3.63, 3.8) is 0 Å². The van der Waals surface area contributed by atoms with Crippen LogP contribution < -0.4 is 5.32 Å². The highest BCUT2D eigenvalue weighted by Gasteiger charge is 2.47. The molecule has 1 saturated heterocycles. The number of amides is 1. The van der Waals surface area contributed by atoms with Crippen LogP contribution in [0.4, 0.5) is 0 Å². The maximum atomic E-state index is 13.2. The third kappa shape index (κ3) is 7.45. The van der Waals surface area contributed by atoms with Gasteiger partial charge in [0.25, 0.3) is 5.91 Å². The third-order valence-corrected chi connectivity index (χ3v) is 7.38. The van der Waals surface area contributed by atoms with Crippen LogP contribution in [0.5, 0.6) is 0 Å². The molecule has 200 valence electrons. The Balaban J connectivity index is 0.000000877. The van der Waals surface area contributed by atoms with E-state index in [0.29, 0.717) is 12.1 Å². The van der Waals surface area contributed by atoms with Crippen LogP contribution in [0.15, 0.2) is 103 Å². The predicted octanol–water partition coefficient (Wildman–Crippen LogP) is 7.09. The maximum absolute atomic E-state index is 13.2. The van der Waals surface area contributed by atoms with Crippen LogP contribution in [0, 0.1) is 0 Å². The van der Waals surface area contributed by atoms with Crippen LogP contribution in [0.1, 0.15) is 58.9 Å². The van der Waals surface area contributed by atoms with Crippen LogP contribution >= 0.6 is 0 Å². The van der Waals surface area contributed by atoms with Gasteiger partial charge in [-0.15, -0.1) is 0 Å². The molecule has 2 aliphatic rings. The van der Waals surface area contributed by atoms with Gasteiger partial charge in [-0.2, -0.15) is 0 Å². The lowest BCUT2D eigenvalue weighted by Gasteiger charge is -2.43. The summed E-state index contributed by atoms with van der Waals surface area (Å²) < 4.78 is 5.95. The number of benzene rings is 1. The number of nitrogens with zero attached hydrogens (tertiary/aromatic N) is 1. The van der Waals surface area contributed by atoms with Gasteiger partial charge in [-0.1, -0.05) is 88.2 Å². The van der Waals surface area contributed by atoms with Crippen molar-refractivity contribution in [3.8, 4) is 0 Å². The average molecular weight is 503 g/mol. The summed E-state index contributed by atoms with van der Waals surface area (Å²) in [6.45, 7) is 22.6. The zero-order chi connectivity index (χ0) is 27.3. The van der Waals surface area contributed by atoms with Crippen LogP contribution in [-0.2, 0) is 16.0 Å². The Morgan fingerprint density at radius 3 is 2.49 bits per heavy atom. The van der Waals surface area contributed by atoms with Gasteiger partial charge in [0.05, 0.1) is 17.2 Å². The Labute approximate surface area is 225 Å².